The number of para-hydroxylation sites is 3. The molecular weight excluding hydrogens is 675 g/mol. The summed E-state index contributed by atoms with van der Waals surface area (Å²) in [4.78, 5) is 20.1. The second kappa shape index (κ2) is 12.5. The van der Waals surface area contributed by atoms with Gasteiger partial charge in [-0.3, -0.25) is 13.5 Å². The zero-order valence-corrected chi connectivity index (χ0v) is 29.5. The summed E-state index contributed by atoms with van der Waals surface area (Å²) >= 11 is 0. The third-order valence-corrected chi connectivity index (χ3v) is 10.3. The Morgan fingerprint density at radius 3 is 1.40 bits per heavy atom. The van der Waals surface area contributed by atoms with E-state index in [9.17, 15) is 0 Å². The van der Waals surface area contributed by atoms with E-state index in [1.165, 1.54) is 0 Å². The number of aromatic nitrogens is 7. The summed E-state index contributed by atoms with van der Waals surface area (Å²) in [6, 6.07) is 64.9. The minimum Gasteiger partial charge on any atom is -0.294 e. The second-order valence-electron chi connectivity index (χ2n) is 13.6. The van der Waals surface area contributed by atoms with E-state index < -0.39 is 0 Å². The number of rotatable bonds is 6. The van der Waals surface area contributed by atoms with Crippen LogP contribution in [0.1, 0.15) is 0 Å². The first-order valence-electron chi connectivity index (χ1n) is 18.3. The maximum atomic E-state index is 5.39. The van der Waals surface area contributed by atoms with Crippen LogP contribution in [0.4, 0.5) is 0 Å². The molecule has 11 rings (SSSR count). The molecule has 0 aliphatic carbocycles. The van der Waals surface area contributed by atoms with Crippen molar-refractivity contribution in [3.8, 4) is 56.7 Å². The van der Waals surface area contributed by atoms with Crippen LogP contribution in [-0.2, 0) is 0 Å². The molecule has 0 aliphatic rings. The average molecular weight is 706 g/mol. The van der Waals surface area contributed by atoms with Crippen molar-refractivity contribution >= 4 is 38.9 Å². The molecule has 55 heavy (non-hydrogen) atoms. The fourth-order valence-electron chi connectivity index (χ4n) is 7.74. The molecule has 7 aromatic carbocycles. The van der Waals surface area contributed by atoms with Crippen LogP contribution in [0.5, 0.6) is 0 Å². The van der Waals surface area contributed by atoms with Crippen LogP contribution in [0.15, 0.2) is 188 Å². The second-order valence-corrected chi connectivity index (χ2v) is 13.6. The molecule has 0 unspecified atom stereocenters. The Labute approximate surface area is 316 Å². The Balaban J connectivity index is 1.08. The summed E-state index contributed by atoms with van der Waals surface area (Å²) < 4.78 is 6.92. The fraction of sp³-hybridized carbons (Fsp3) is 0. The largest absolute Gasteiger partial charge is 0.294 e. The van der Waals surface area contributed by atoms with Gasteiger partial charge in [0.15, 0.2) is 23.1 Å². The van der Waals surface area contributed by atoms with Gasteiger partial charge in [-0.2, -0.15) is 0 Å². The highest BCUT2D eigenvalue weighted by Gasteiger charge is 2.24. The van der Waals surface area contributed by atoms with Crippen molar-refractivity contribution in [3.63, 3.8) is 0 Å². The highest BCUT2D eigenvalue weighted by atomic mass is 15.3. The molecule has 4 heterocycles. The van der Waals surface area contributed by atoms with E-state index >= 15 is 0 Å². The molecule has 0 saturated carbocycles. The summed E-state index contributed by atoms with van der Waals surface area (Å²) in [5.41, 5.74) is 12.4. The van der Waals surface area contributed by atoms with E-state index in [2.05, 4.69) is 141 Å². The van der Waals surface area contributed by atoms with Crippen molar-refractivity contribution in [2.45, 2.75) is 0 Å². The summed E-state index contributed by atoms with van der Waals surface area (Å²) in [7, 11) is 0. The Bertz CT molecular complexity index is 3110. The standard InChI is InChI=1S/C48H31N7/c1-5-15-33(16-6-1)44-50-45(34-17-7-2-8-18-34)52-46(51-44)35-27-25-32(26-28-35)36-29-30-41-42(31-36)54(38-21-11-4-12-22-38)48-49-43-39-23-13-14-24-40(39)53(47(43)55(41)48)37-19-9-3-10-20-37/h1-31H. The lowest BCUT2D eigenvalue weighted by Crippen LogP contribution is -2.00. The molecule has 0 aliphatic heterocycles. The van der Waals surface area contributed by atoms with Crippen LogP contribution < -0.4 is 0 Å². The van der Waals surface area contributed by atoms with Gasteiger partial charge in [0.1, 0.15) is 5.52 Å². The number of benzene rings is 7. The molecular formula is C48H31N7. The maximum Gasteiger partial charge on any atom is 0.221 e. The lowest BCUT2D eigenvalue weighted by atomic mass is 10.0. The number of hydrogen-bond donors (Lipinski definition) is 0. The summed E-state index contributed by atoms with van der Waals surface area (Å²) in [5, 5.41) is 1.12. The minimum absolute atomic E-state index is 0.631. The van der Waals surface area contributed by atoms with Crippen molar-refractivity contribution in [2.24, 2.45) is 0 Å². The highest BCUT2D eigenvalue weighted by Crippen LogP contribution is 2.38. The van der Waals surface area contributed by atoms with Crippen LogP contribution in [0.3, 0.4) is 0 Å². The summed E-state index contributed by atoms with van der Waals surface area (Å²) in [6.45, 7) is 0. The zero-order chi connectivity index (χ0) is 36.3. The van der Waals surface area contributed by atoms with Gasteiger partial charge in [0.25, 0.3) is 0 Å². The normalized spacial score (nSPS) is 11.6. The van der Waals surface area contributed by atoms with Gasteiger partial charge < -0.3 is 0 Å². The van der Waals surface area contributed by atoms with Crippen molar-refractivity contribution < 1.29 is 0 Å². The van der Waals surface area contributed by atoms with Gasteiger partial charge in [0, 0.05) is 33.5 Å². The molecule has 0 amide bonds. The van der Waals surface area contributed by atoms with Crippen molar-refractivity contribution in [1.29, 1.82) is 0 Å². The molecule has 7 nitrogen and oxygen atoms in total. The number of nitrogens with zero attached hydrogens (tertiary/aromatic N) is 7. The van der Waals surface area contributed by atoms with Gasteiger partial charge in [-0.05, 0) is 53.6 Å². The van der Waals surface area contributed by atoms with Crippen molar-refractivity contribution in [3.05, 3.63) is 188 Å². The number of hydrogen-bond acceptors (Lipinski definition) is 4. The van der Waals surface area contributed by atoms with Crippen LogP contribution in [0, 0.1) is 0 Å². The van der Waals surface area contributed by atoms with Crippen LogP contribution in [-0.4, -0.2) is 33.5 Å². The van der Waals surface area contributed by atoms with E-state index in [0.29, 0.717) is 17.5 Å². The van der Waals surface area contributed by atoms with E-state index in [0.717, 1.165) is 78.1 Å². The van der Waals surface area contributed by atoms with Gasteiger partial charge in [0.05, 0.1) is 16.6 Å². The lowest BCUT2D eigenvalue weighted by Gasteiger charge is -2.10. The lowest BCUT2D eigenvalue weighted by molar-refractivity contribution is 1.07. The molecule has 0 atom stereocenters. The van der Waals surface area contributed by atoms with E-state index in [4.69, 9.17) is 19.9 Å². The first-order valence-corrected chi connectivity index (χ1v) is 18.3. The summed E-state index contributed by atoms with van der Waals surface area (Å²) in [6.07, 6.45) is 0. The molecule has 0 N–H and O–H groups in total. The third-order valence-electron chi connectivity index (χ3n) is 10.3. The molecule has 258 valence electrons. The SMILES string of the molecule is c1ccc(-c2nc(-c3ccccc3)nc(-c3ccc(-c4ccc5c(c4)n(-c4ccccc4)c4nc6c7ccccc7n(-c7ccccc7)c6n54)cc3)n2)cc1. The molecule has 0 radical (unpaired) electrons. The van der Waals surface area contributed by atoms with Crippen LogP contribution in [0.2, 0.25) is 0 Å². The monoisotopic (exact) mass is 705 g/mol. The average Bonchev–Trinajstić information content (AvgIpc) is 3.90. The smallest absolute Gasteiger partial charge is 0.221 e. The number of fused-ring (bicyclic) bond motifs is 7. The maximum absolute atomic E-state index is 5.39. The minimum atomic E-state index is 0.631. The first-order chi connectivity index (χ1) is 27.3. The molecule has 7 heteroatoms. The molecule has 0 saturated heterocycles. The Kier molecular flexibility index (Phi) is 7.03. The van der Waals surface area contributed by atoms with Gasteiger partial charge >= 0.3 is 0 Å². The number of imidazole rings is 2. The molecule has 0 bridgehead atoms. The Hall–Kier alpha value is -7.64. The van der Waals surface area contributed by atoms with E-state index in [1.807, 2.05) is 60.7 Å². The molecule has 0 spiro atoms. The predicted molar refractivity (Wildman–Crippen MR) is 221 cm³/mol. The predicted octanol–water partition coefficient (Wildman–Crippen LogP) is 11.2. The van der Waals surface area contributed by atoms with E-state index in [1.54, 1.807) is 0 Å². The summed E-state index contributed by atoms with van der Waals surface area (Å²) in [5.74, 6) is 2.79. The van der Waals surface area contributed by atoms with Crippen LogP contribution in [0.25, 0.3) is 95.5 Å². The quantitative estimate of drug-likeness (QED) is 0.173. The fourth-order valence-corrected chi connectivity index (χ4v) is 7.74. The van der Waals surface area contributed by atoms with Crippen LogP contribution >= 0.6 is 0 Å². The van der Waals surface area contributed by atoms with Gasteiger partial charge in [-0.15, -0.1) is 0 Å². The van der Waals surface area contributed by atoms with Gasteiger partial charge in [-0.25, -0.2) is 19.9 Å². The van der Waals surface area contributed by atoms with E-state index in [-0.39, 0.29) is 0 Å². The highest BCUT2D eigenvalue weighted by molar-refractivity contribution is 6.09. The Morgan fingerprint density at radius 2 is 0.800 bits per heavy atom. The Morgan fingerprint density at radius 1 is 0.327 bits per heavy atom. The third kappa shape index (κ3) is 5.05. The molecule has 4 aromatic heterocycles. The molecule has 0 fully saturated rings. The zero-order valence-electron chi connectivity index (χ0n) is 29.5. The topological polar surface area (TPSA) is 65.8 Å². The first kappa shape index (κ1) is 30.9. The van der Waals surface area contributed by atoms with Gasteiger partial charge in [-0.1, -0.05) is 146 Å². The molecule has 11 aromatic rings. The van der Waals surface area contributed by atoms with Crippen molar-refractivity contribution in [1.82, 2.24) is 33.5 Å². The van der Waals surface area contributed by atoms with Gasteiger partial charge in [0.2, 0.25) is 5.78 Å². The van der Waals surface area contributed by atoms with Crippen molar-refractivity contribution in [2.75, 3.05) is 0 Å².